The fourth-order valence-corrected chi connectivity index (χ4v) is 2.75. The lowest BCUT2D eigenvalue weighted by Gasteiger charge is -2.03. The first-order chi connectivity index (χ1) is 9.10. The van der Waals surface area contributed by atoms with Gasteiger partial charge in [0.2, 0.25) is 0 Å². The van der Waals surface area contributed by atoms with Gasteiger partial charge in [-0.3, -0.25) is 5.32 Å². The second-order valence-corrected chi connectivity index (χ2v) is 5.32. The fraction of sp³-hybridized carbons (Fsp3) is 0.385. The minimum absolute atomic E-state index is 0.259. The van der Waals surface area contributed by atoms with E-state index in [0.29, 0.717) is 18.3 Å². The number of fused-ring (bicyclic) bond motifs is 1. The third kappa shape index (κ3) is 3.42. The van der Waals surface area contributed by atoms with Crippen LogP contribution >= 0.6 is 11.3 Å². The molecule has 2 amide bonds. The molecule has 102 valence electrons. The zero-order valence-electron chi connectivity index (χ0n) is 11.2. The van der Waals surface area contributed by atoms with Crippen molar-refractivity contribution >= 4 is 32.7 Å². The SMILES string of the molecule is COCCNC(=O)Nc1nc2cc(C)cc(C)c2s1. The molecule has 0 aliphatic carbocycles. The molecule has 1 aromatic carbocycles. The third-order valence-corrected chi connectivity index (χ3v) is 3.75. The van der Waals surface area contributed by atoms with Crippen LogP contribution in [0.1, 0.15) is 11.1 Å². The Kier molecular flexibility index (Phi) is 4.34. The molecule has 0 radical (unpaired) electrons. The van der Waals surface area contributed by atoms with Crippen LogP contribution in [0.4, 0.5) is 9.93 Å². The van der Waals surface area contributed by atoms with Gasteiger partial charge in [-0.1, -0.05) is 17.4 Å². The van der Waals surface area contributed by atoms with E-state index in [1.54, 1.807) is 7.11 Å². The Balaban J connectivity index is 2.09. The summed E-state index contributed by atoms with van der Waals surface area (Å²) >= 11 is 1.49. The van der Waals surface area contributed by atoms with Crippen molar-refractivity contribution in [3.63, 3.8) is 0 Å². The van der Waals surface area contributed by atoms with Crippen molar-refractivity contribution in [1.29, 1.82) is 0 Å². The smallest absolute Gasteiger partial charge is 0.321 e. The van der Waals surface area contributed by atoms with E-state index in [1.165, 1.54) is 22.5 Å². The lowest BCUT2D eigenvalue weighted by atomic mass is 10.1. The minimum atomic E-state index is -0.259. The number of rotatable bonds is 4. The molecule has 0 spiro atoms. The molecular weight excluding hydrogens is 262 g/mol. The van der Waals surface area contributed by atoms with Gasteiger partial charge in [0.1, 0.15) is 0 Å². The predicted molar refractivity (Wildman–Crippen MR) is 78.0 cm³/mol. The number of aromatic nitrogens is 1. The van der Waals surface area contributed by atoms with Gasteiger partial charge in [0.15, 0.2) is 5.13 Å². The molecular formula is C13H17N3O2S. The highest BCUT2D eigenvalue weighted by Crippen LogP contribution is 2.29. The van der Waals surface area contributed by atoms with Gasteiger partial charge in [-0.05, 0) is 31.0 Å². The molecule has 0 aliphatic heterocycles. The Morgan fingerprint density at radius 3 is 2.95 bits per heavy atom. The first kappa shape index (κ1) is 13.8. The molecule has 0 aliphatic rings. The van der Waals surface area contributed by atoms with Gasteiger partial charge in [0.25, 0.3) is 0 Å². The predicted octanol–water partition coefficient (Wildman–Crippen LogP) is 2.68. The normalized spacial score (nSPS) is 10.7. The highest BCUT2D eigenvalue weighted by molar-refractivity contribution is 7.22. The van der Waals surface area contributed by atoms with Crippen molar-refractivity contribution in [3.05, 3.63) is 23.3 Å². The van der Waals surface area contributed by atoms with Crippen LogP contribution in [-0.2, 0) is 4.74 Å². The Morgan fingerprint density at radius 2 is 2.21 bits per heavy atom. The van der Waals surface area contributed by atoms with Crippen LogP contribution in [0.3, 0.4) is 0 Å². The van der Waals surface area contributed by atoms with Crippen molar-refractivity contribution in [3.8, 4) is 0 Å². The monoisotopic (exact) mass is 279 g/mol. The molecule has 0 atom stereocenters. The maximum Gasteiger partial charge on any atom is 0.321 e. The summed E-state index contributed by atoms with van der Waals surface area (Å²) in [6.45, 7) is 5.06. The zero-order chi connectivity index (χ0) is 13.8. The van der Waals surface area contributed by atoms with Gasteiger partial charge in [-0.15, -0.1) is 0 Å². The number of benzene rings is 1. The number of amides is 2. The van der Waals surface area contributed by atoms with Gasteiger partial charge in [0, 0.05) is 13.7 Å². The number of nitrogens with zero attached hydrogens (tertiary/aromatic N) is 1. The first-order valence-corrected chi connectivity index (χ1v) is 6.83. The number of aryl methyl sites for hydroxylation is 2. The number of carbonyl (C=O) groups excluding carboxylic acids is 1. The van der Waals surface area contributed by atoms with Gasteiger partial charge in [-0.25, -0.2) is 9.78 Å². The minimum Gasteiger partial charge on any atom is -0.383 e. The number of thiazole rings is 1. The number of hydrogen-bond acceptors (Lipinski definition) is 4. The van der Waals surface area contributed by atoms with Crippen molar-refractivity contribution in [2.75, 3.05) is 25.6 Å². The van der Waals surface area contributed by atoms with E-state index < -0.39 is 0 Å². The van der Waals surface area contributed by atoms with Gasteiger partial charge >= 0.3 is 6.03 Å². The quantitative estimate of drug-likeness (QED) is 0.846. The summed E-state index contributed by atoms with van der Waals surface area (Å²) < 4.78 is 5.97. The highest BCUT2D eigenvalue weighted by Gasteiger charge is 2.09. The average molecular weight is 279 g/mol. The van der Waals surface area contributed by atoms with Crippen LogP contribution in [0, 0.1) is 13.8 Å². The third-order valence-electron chi connectivity index (χ3n) is 2.63. The number of urea groups is 1. The van der Waals surface area contributed by atoms with E-state index >= 15 is 0 Å². The standard InChI is InChI=1S/C13H17N3O2S/c1-8-6-9(2)11-10(7-8)15-13(19-11)16-12(17)14-4-5-18-3/h6-7H,4-5H2,1-3H3,(H2,14,15,16,17). The summed E-state index contributed by atoms with van der Waals surface area (Å²) in [5.41, 5.74) is 3.28. The van der Waals surface area contributed by atoms with Gasteiger partial charge in [0.05, 0.1) is 16.8 Å². The van der Waals surface area contributed by atoms with E-state index in [2.05, 4.69) is 28.6 Å². The molecule has 0 unspecified atom stereocenters. The van der Waals surface area contributed by atoms with Crippen LogP contribution in [0.2, 0.25) is 0 Å². The molecule has 2 rings (SSSR count). The summed E-state index contributed by atoms with van der Waals surface area (Å²) in [6, 6.07) is 3.88. The Morgan fingerprint density at radius 1 is 1.42 bits per heavy atom. The second kappa shape index (κ2) is 5.99. The lowest BCUT2D eigenvalue weighted by molar-refractivity contribution is 0.198. The molecule has 0 saturated heterocycles. The van der Waals surface area contributed by atoms with E-state index in [1.807, 2.05) is 13.0 Å². The van der Waals surface area contributed by atoms with E-state index in [9.17, 15) is 4.79 Å². The van der Waals surface area contributed by atoms with Gasteiger partial charge < -0.3 is 10.1 Å². The zero-order valence-corrected chi connectivity index (χ0v) is 12.1. The van der Waals surface area contributed by atoms with Crippen LogP contribution in [-0.4, -0.2) is 31.3 Å². The fourth-order valence-electron chi connectivity index (χ4n) is 1.84. The summed E-state index contributed by atoms with van der Waals surface area (Å²) in [4.78, 5) is 16.0. The molecule has 1 heterocycles. The van der Waals surface area contributed by atoms with Crippen molar-refractivity contribution in [2.45, 2.75) is 13.8 Å². The maximum atomic E-state index is 11.6. The molecule has 6 heteroatoms. The highest BCUT2D eigenvalue weighted by atomic mass is 32.1. The number of anilines is 1. The summed E-state index contributed by atoms with van der Waals surface area (Å²) in [5.74, 6) is 0. The molecule has 19 heavy (non-hydrogen) atoms. The number of ether oxygens (including phenoxy) is 1. The first-order valence-electron chi connectivity index (χ1n) is 6.01. The molecule has 0 saturated carbocycles. The molecule has 2 N–H and O–H groups in total. The molecule has 2 aromatic rings. The molecule has 5 nitrogen and oxygen atoms in total. The summed E-state index contributed by atoms with van der Waals surface area (Å²) in [5, 5.41) is 6.04. The number of methoxy groups -OCH3 is 1. The Hall–Kier alpha value is -1.66. The van der Waals surface area contributed by atoms with Crippen molar-refractivity contribution in [1.82, 2.24) is 10.3 Å². The number of hydrogen-bond donors (Lipinski definition) is 2. The largest absolute Gasteiger partial charge is 0.383 e. The lowest BCUT2D eigenvalue weighted by Crippen LogP contribution is -2.31. The molecule has 0 fully saturated rings. The van der Waals surface area contributed by atoms with Gasteiger partial charge in [-0.2, -0.15) is 0 Å². The molecule has 0 bridgehead atoms. The van der Waals surface area contributed by atoms with E-state index in [-0.39, 0.29) is 6.03 Å². The number of carbonyl (C=O) groups is 1. The van der Waals surface area contributed by atoms with Crippen LogP contribution in [0.25, 0.3) is 10.2 Å². The Bertz CT molecular complexity index is 595. The van der Waals surface area contributed by atoms with Crippen molar-refractivity contribution < 1.29 is 9.53 Å². The van der Waals surface area contributed by atoms with Crippen LogP contribution < -0.4 is 10.6 Å². The molecule has 1 aromatic heterocycles. The summed E-state index contributed by atoms with van der Waals surface area (Å²) in [6.07, 6.45) is 0. The topological polar surface area (TPSA) is 63.2 Å². The maximum absolute atomic E-state index is 11.6. The van der Waals surface area contributed by atoms with E-state index in [0.717, 1.165) is 10.2 Å². The average Bonchev–Trinajstić information content (AvgIpc) is 2.72. The number of nitrogens with one attached hydrogen (secondary N) is 2. The van der Waals surface area contributed by atoms with Crippen molar-refractivity contribution in [2.24, 2.45) is 0 Å². The van der Waals surface area contributed by atoms with E-state index in [4.69, 9.17) is 4.74 Å². The summed E-state index contributed by atoms with van der Waals surface area (Å²) in [7, 11) is 1.60. The second-order valence-electron chi connectivity index (χ2n) is 4.32. The van der Waals surface area contributed by atoms with Crippen LogP contribution in [0.15, 0.2) is 12.1 Å². The Labute approximate surface area is 116 Å². The van der Waals surface area contributed by atoms with Crippen LogP contribution in [0.5, 0.6) is 0 Å².